The first-order chi connectivity index (χ1) is 16.0. The van der Waals surface area contributed by atoms with Gasteiger partial charge in [-0.15, -0.1) is 0 Å². The maximum Gasteiger partial charge on any atom is 0.255 e. The summed E-state index contributed by atoms with van der Waals surface area (Å²) in [4.78, 5) is 38.7. The first-order valence-electron chi connectivity index (χ1n) is 10.9. The molecule has 1 saturated heterocycles. The van der Waals surface area contributed by atoms with Gasteiger partial charge in [0, 0.05) is 29.0 Å². The van der Waals surface area contributed by atoms with Gasteiger partial charge in [-0.3, -0.25) is 19.3 Å². The number of likely N-dealkylation sites (tertiary alicyclic amines) is 1. The van der Waals surface area contributed by atoms with Crippen molar-refractivity contribution in [1.29, 1.82) is 0 Å². The summed E-state index contributed by atoms with van der Waals surface area (Å²) in [6.45, 7) is 1.43. The Kier molecular flexibility index (Phi) is 6.80. The highest BCUT2D eigenvalue weighted by Crippen LogP contribution is 2.21. The number of nitrogens with one attached hydrogen (secondary N) is 2. The molecule has 0 bridgehead atoms. The molecule has 1 unspecified atom stereocenters. The van der Waals surface area contributed by atoms with E-state index < -0.39 is 0 Å². The number of carbonyl (C=O) groups is 3. The number of hydrogen-bond acceptors (Lipinski definition) is 4. The van der Waals surface area contributed by atoms with Crippen molar-refractivity contribution in [3.8, 4) is 0 Å². The van der Waals surface area contributed by atoms with E-state index in [0.29, 0.717) is 29.0 Å². The van der Waals surface area contributed by atoms with E-state index in [-0.39, 0.29) is 23.8 Å². The van der Waals surface area contributed by atoms with Crippen molar-refractivity contribution in [2.45, 2.75) is 25.4 Å². The number of rotatable bonds is 7. The first kappa shape index (κ1) is 22.2. The molecule has 1 aliphatic heterocycles. The summed E-state index contributed by atoms with van der Waals surface area (Å²) in [5, 5.41) is 5.73. The van der Waals surface area contributed by atoms with Gasteiger partial charge >= 0.3 is 0 Å². The summed E-state index contributed by atoms with van der Waals surface area (Å²) in [5.74, 6) is -0.745. The molecule has 3 aromatic carbocycles. The number of anilines is 2. The molecule has 7 nitrogen and oxygen atoms in total. The molecular formula is C26H26N4O3. The number of amides is 3. The molecule has 33 heavy (non-hydrogen) atoms. The molecule has 1 fully saturated rings. The SMILES string of the molecule is NC(=O)C1CCCN1Cc1cccc(NC(=O)c2ccc(NC(=O)c3ccccc3)cc2)c1. The molecule has 4 N–H and O–H groups in total. The zero-order valence-corrected chi connectivity index (χ0v) is 18.2. The van der Waals surface area contributed by atoms with Gasteiger partial charge in [0.1, 0.15) is 0 Å². The van der Waals surface area contributed by atoms with Crippen LogP contribution in [0.1, 0.15) is 39.1 Å². The van der Waals surface area contributed by atoms with Crippen LogP contribution in [0.2, 0.25) is 0 Å². The Morgan fingerprint density at radius 1 is 0.818 bits per heavy atom. The summed E-state index contributed by atoms with van der Waals surface area (Å²) >= 11 is 0. The number of carbonyl (C=O) groups excluding carboxylic acids is 3. The van der Waals surface area contributed by atoms with E-state index in [1.807, 2.05) is 30.3 Å². The van der Waals surface area contributed by atoms with Gasteiger partial charge < -0.3 is 16.4 Å². The molecule has 1 heterocycles. The van der Waals surface area contributed by atoms with Gasteiger partial charge in [-0.1, -0.05) is 30.3 Å². The van der Waals surface area contributed by atoms with Crippen LogP contribution in [0.4, 0.5) is 11.4 Å². The zero-order chi connectivity index (χ0) is 23.2. The van der Waals surface area contributed by atoms with Crippen LogP contribution in [-0.2, 0) is 11.3 Å². The summed E-state index contributed by atoms with van der Waals surface area (Å²) in [6.07, 6.45) is 1.74. The van der Waals surface area contributed by atoms with E-state index >= 15 is 0 Å². The van der Waals surface area contributed by atoms with Crippen LogP contribution in [0.5, 0.6) is 0 Å². The molecule has 7 heteroatoms. The van der Waals surface area contributed by atoms with E-state index in [2.05, 4.69) is 15.5 Å². The highest BCUT2D eigenvalue weighted by Gasteiger charge is 2.28. The molecule has 4 rings (SSSR count). The van der Waals surface area contributed by atoms with Gasteiger partial charge in [0.2, 0.25) is 5.91 Å². The molecule has 3 aromatic rings. The predicted octanol–water partition coefficient (Wildman–Crippen LogP) is 3.64. The Morgan fingerprint density at radius 3 is 2.18 bits per heavy atom. The minimum Gasteiger partial charge on any atom is -0.368 e. The second-order valence-electron chi connectivity index (χ2n) is 8.08. The Bertz CT molecular complexity index is 1150. The lowest BCUT2D eigenvalue weighted by Crippen LogP contribution is -2.39. The van der Waals surface area contributed by atoms with Crippen LogP contribution >= 0.6 is 0 Å². The molecule has 1 atom stereocenters. The van der Waals surface area contributed by atoms with Gasteiger partial charge in [-0.2, -0.15) is 0 Å². The van der Waals surface area contributed by atoms with Crippen LogP contribution in [0, 0.1) is 0 Å². The number of nitrogens with two attached hydrogens (primary N) is 1. The Morgan fingerprint density at radius 2 is 1.48 bits per heavy atom. The zero-order valence-electron chi connectivity index (χ0n) is 18.2. The van der Waals surface area contributed by atoms with E-state index in [4.69, 9.17) is 5.73 Å². The largest absolute Gasteiger partial charge is 0.368 e. The normalized spacial score (nSPS) is 15.7. The van der Waals surface area contributed by atoms with E-state index in [1.54, 1.807) is 48.5 Å². The van der Waals surface area contributed by atoms with Crippen LogP contribution in [0.3, 0.4) is 0 Å². The third-order valence-electron chi connectivity index (χ3n) is 5.70. The summed E-state index contributed by atoms with van der Waals surface area (Å²) in [7, 11) is 0. The standard InChI is InChI=1S/C26H26N4O3/c27-24(31)23-10-5-15-30(23)17-18-6-4-9-22(16-18)29-26(33)20-11-13-21(14-12-20)28-25(32)19-7-2-1-3-8-19/h1-4,6-9,11-14,16,23H,5,10,15,17H2,(H2,27,31)(H,28,32)(H,29,33). The molecule has 0 aliphatic carbocycles. The number of benzene rings is 3. The molecule has 0 aromatic heterocycles. The summed E-state index contributed by atoms with van der Waals surface area (Å²) < 4.78 is 0. The molecular weight excluding hydrogens is 416 g/mol. The van der Waals surface area contributed by atoms with Gasteiger partial charge in [0.15, 0.2) is 0 Å². The second-order valence-corrected chi connectivity index (χ2v) is 8.08. The minimum absolute atomic E-state index is 0.207. The van der Waals surface area contributed by atoms with Crippen LogP contribution in [0.15, 0.2) is 78.9 Å². The number of nitrogens with zero attached hydrogens (tertiary/aromatic N) is 1. The molecule has 0 saturated carbocycles. The average molecular weight is 443 g/mol. The van der Waals surface area contributed by atoms with Crippen molar-refractivity contribution < 1.29 is 14.4 Å². The third-order valence-corrected chi connectivity index (χ3v) is 5.70. The summed E-state index contributed by atoms with van der Waals surface area (Å²) in [6, 6.07) is 23.0. The van der Waals surface area contributed by atoms with Crippen LogP contribution < -0.4 is 16.4 Å². The highest BCUT2D eigenvalue weighted by molar-refractivity contribution is 6.06. The summed E-state index contributed by atoms with van der Waals surface area (Å²) in [5.41, 5.74) is 8.83. The van der Waals surface area contributed by atoms with Crippen LogP contribution in [-0.4, -0.2) is 35.2 Å². The Hall–Kier alpha value is -3.97. The van der Waals surface area contributed by atoms with Crippen molar-refractivity contribution in [3.05, 3.63) is 95.6 Å². The molecule has 1 aliphatic rings. The predicted molar refractivity (Wildman–Crippen MR) is 128 cm³/mol. The molecule has 3 amide bonds. The number of primary amides is 1. The van der Waals surface area contributed by atoms with Crippen molar-refractivity contribution in [2.24, 2.45) is 5.73 Å². The van der Waals surface area contributed by atoms with Gasteiger partial charge in [0.25, 0.3) is 11.8 Å². The van der Waals surface area contributed by atoms with Gasteiger partial charge in [-0.05, 0) is 73.5 Å². The molecule has 0 radical (unpaired) electrons. The fourth-order valence-corrected chi connectivity index (χ4v) is 4.02. The minimum atomic E-state index is -0.291. The monoisotopic (exact) mass is 442 g/mol. The first-order valence-corrected chi connectivity index (χ1v) is 10.9. The van der Waals surface area contributed by atoms with E-state index in [1.165, 1.54) is 0 Å². The lowest BCUT2D eigenvalue weighted by Gasteiger charge is -2.22. The van der Waals surface area contributed by atoms with Crippen molar-refractivity contribution in [3.63, 3.8) is 0 Å². The molecule has 168 valence electrons. The Balaban J connectivity index is 1.37. The quantitative estimate of drug-likeness (QED) is 0.520. The van der Waals surface area contributed by atoms with Crippen molar-refractivity contribution in [1.82, 2.24) is 4.90 Å². The van der Waals surface area contributed by atoms with Crippen LogP contribution in [0.25, 0.3) is 0 Å². The van der Waals surface area contributed by atoms with Crippen molar-refractivity contribution >= 4 is 29.1 Å². The fourth-order valence-electron chi connectivity index (χ4n) is 4.02. The third kappa shape index (κ3) is 5.64. The maximum atomic E-state index is 12.7. The second kappa shape index (κ2) is 10.1. The smallest absolute Gasteiger partial charge is 0.255 e. The molecule has 0 spiro atoms. The fraction of sp³-hybridized carbons (Fsp3) is 0.192. The van der Waals surface area contributed by atoms with E-state index in [0.717, 1.165) is 24.9 Å². The van der Waals surface area contributed by atoms with Gasteiger partial charge in [-0.25, -0.2) is 0 Å². The maximum absolute atomic E-state index is 12.7. The topological polar surface area (TPSA) is 105 Å². The lowest BCUT2D eigenvalue weighted by atomic mass is 10.1. The van der Waals surface area contributed by atoms with Gasteiger partial charge in [0.05, 0.1) is 6.04 Å². The average Bonchev–Trinajstić information content (AvgIpc) is 3.29. The Labute approximate surface area is 192 Å². The highest BCUT2D eigenvalue weighted by atomic mass is 16.2. The lowest BCUT2D eigenvalue weighted by molar-refractivity contribution is -0.122. The van der Waals surface area contributed by atoms with Crippen molar-refractivity contribution in [2.75, 3.05) is 17.2 Å². The number of hydrogen-bond donors (Lipinski definition) is 3. The van der Waals surface area contributed by atoms with E-state index in [9.17, 15) is 14.4 Å².